The first-order valence-corrected chi connectivity index (χ1v) is 14.5. The second-order valence-corrected chi connectivity index (χ2v) is 14.4. The van der Waals surface area contributed by atoms with E-state index in [4.69, 9.17) is 14.2 Å². The molecule has 5 atom stereocenters. The lowest BCUT2D eigenvalue weighted by molar-refractivity contribution is -0.261. The monoisotopic (exact) mass is 515 g/mol. The summed E-state index contributed by atoms with van der Waals surface area (Å²) in [5.74, 6) is -2.81. The van der Waals surface area contributed by atoms with Gasteiger partial charge in [0.15, 0.2) is 5.60 Å². The fraction of sp³-hybridized carbons (Fsp3) is 0.923. The van der Waals surface area contributed by atoms with Gasteiger partial charge in [0.25, 0.3) is 0 Å². The Kier molecular flexibility index (Phi) is 7.28. The van der Waals surface area contributed by atoms with Crippen LogP contribution in [0.1, 0.15) is 88.0 Å². The Hall–Kier alpha value is -1.19. The highest BCUT2D eigenvalue weighted by molar-refractivity contribution is 7.89. The summed E-state index contributed by atoms with van der Waals surface area (Å²) in [6.45, 7) is 17.3. The maximum atomic E-state index is 13.9. The van der Waals surface area contributed by atoms with Crippen molar-refractivity contribution in [2.24, 2.45) is 28.6 Å². The number of ether oxygens (including phenoxy) is 3. The zero-order valence-electron chi connectivity index (χ0n) is 23.1. The molecule has 3 rings (SSSR count). The maximum absolute atomic E-state index is 13.9. The molecule has 1 spiro atoms. The van der Waals surface area contributed by atoms with E-state index in [0.29, 0.717) is 12.8 Å². The quantitative estimate of drug-likeness (QED) is 0.426. The minimum Gasteiger partial charge on any atom is -0.469 e. The minimum atomic E-state index is -3.71. The van der Waals surface area contributed by atoms with Gasteiger partial charge in [0.1, 0.15) is 0 Å². The Morgan fingerprint density at radius 2 is 1.69 bits per heavy atom. The van der Waals surface area contributed by atoms with Crippen LogP contribution in [0.25, 0.3) is 0 Å². The molecule has 0 aromatic carbocycles. The highest BCUT2D eigenvalue weighted by atomic mass is 32.2. The van der Waals surface area contributed by atoms with Crippen LogP contribution in [-0.2, 0) is 33.8 Å². The number of nitrogens with zero attached hydrogens (tertiary/aromatic N) is 1. The SMILES string of the molecule is COC(=O)C[C@@H](C(C)C)[C@@]1(C)O[C@@]2(C[C@H]3CC[C@]2(CS(=O)(=O)N(C(C)C)C(C)C)C3(C)C)OC1=O. The largest absolute Gasteiger partial charge is 0.469 e. The smallest absolute Gasteiger partial charge is 0.341 e. The van der Waals surface area contributed by atoms with Gasteiger partial charge in [0.05, 0.1) is 24.7 Å². The molecule has 1 aliphatic heterocycles. The predicted molar refractivity (Wildman–Crippen MR) is 133 cm³/mol. The van der Waals surface area contributed by atoms with Crippen LogP contribution in [0, 0.1) is 28.6 Å². The lowest BCUT2D eigenvalue weighted by atomic mass is 9.68. The van der Waals surface area contributed by atoms with Gasteiger partial charge in [-0.05, 0) is 64.7 Å². The van der Waals surface area contributed by atoms with Crippen molar-refractivity contribution >= 4 is 22.0 Å². The molecule has 0 radical (unpaired) electrons. The second kappa shape index (κ2) is 8.98. The van der Waals surface area contributed by atoms with E-state index >= 15 is 0 Å². The van der Waals surface area contributed by atoms with Crippen molar-refractivity contribution < 1.29 is 32.2 Å². The highest BCUT2D eigenvalue weighted by Crippen LogP contribution is 2.74. The van der Waals surface area contributed by atoms with Crippen molar-refractivity contribution in [2.75, 3.05) is 12.9 Å². The summed E-state index contributed by atoms with van der Waals surface area (Å²) in [7, 11) is -2.38. The van der Waals surface area contributed by atoms with Crippen LogP contribution in [0.2, 0.25) is 0 Å². The van der Waals surface area contributed by atoms with Crippen LogP contribution in [0.4, 0.5) is 0 Å². The average molecular weight is 516 g/mol. The average Bonchev–Trinajstić information content (AvgIpc) is 3.16. The summed E-state index contributed by atoms with van der Waals surface area (Å²) >= 11 is 0. The van der Waals surface area contributed by atoms with E-state index in [1.54, 1.807) is 11.2 Å². The van der Waals surface area contributed by atoms with Gasteiger partial charge in [0.2, 0.25) is 15.8 Å². The van der Waals surface area contributed by atoms with Gasteiger partial charge in [-0.1, -0.05) is 27.7 Å². The van der Waals surface area contributed by atoms with Crippen LogP contribution in [-0.4, -0.2) is 61.0 Å². The number of rotatable bonds is 9. The summed E-state index contributed by atoms with van der Waals surface area (Å²) in [5.41, 5.74) is -2.69. The maximum Gasteiger partial charge on any atom is 0.341 e. The number of carbonyl (C=O) groups excluding carboxylic acids is 2. The van der Waals surface area contributed by atoms with Crippen molar-refractivity contribution in [3.05, 3.63) is 0 Å². The molecule has 2 aliphatic carbocycles. The summed E-state index contributed by atoms with van der Waals surface area (Å²) in [5, 5.41) is 0. The molecule has 2 bridgehead atoms. The van der Waals surface area contributed by atoms with Crippen LogP contribution < -0.4 is 0 Å². The number of hydrogen-bond donors (Lipinski definition) is 0. The molecule has 9 heteroatoms. The molecule has 202 valence electrons. The predicted octanol–water partition coefficient (Wildman–Crippen LogP) is 4.13. The molecule has 0 amide bonds. The Morgan fingerprint density at radius 3 is 2.14 bits per heavy atom. The first-order valence-electron chi connectivity index (χ1n) is 12.9. The Balaban J connectivity index is 2.09. The molecule has 8 nitrogen and oxygen atoms in total. The van der Waals surface area contributed by atoms with E-state index in [1.165, 1.54) is 7.11 Å². The molecule has 1 heterocycles. The number of sulfonamides is 1. The van der Waals surface area contributed by atoms with Gasteiger partial charge >= 0.3 is 11.9 Å². The van der Waals surface area contributed by atoms with E-state index in [0.717, 1.165) is 6.42 Å². The highest BCUT2D eigenvalue weighted by Gasteiger charge is 2.79. The van der Waals surface area contributed by atoms with Crippen LogP contribution >= 0.6 is 0 Å². The van der Waals surface area contributed by atoms with Gasteiger partial charge in [-0.15, -0.1) is 0 Å². The first kappa shape index (κ1) is 28.4. The third kappa shape index (κ3) is 4.13. The summed E-state index contributed by atoms with van der Waals surface area (Å²) < 4.78 is 47.2. The topological polar surface area (TPSA) is 99.2 Å². The number of fused-ring (bicyclic) bond motifs is 3. The normalized spacial score (nSPS) is 35.0. The molecule has 0 aromatic heterocycles. The first-order chi connectivity index (χ1) is 15.9. The van der Waals surface area contributed by atoms with Crippen molar-refractivity contribution in [1.82, 2.24) is 4.31 Å². The van der Waals surface area contributed by atoms with E-state index in [2.05, 4.69) is 13.8 Å². The van der Waals surface area contributed by atoms with Crippen LogP contribution in [0.15, 0.2) is 0 Å². The molecule has 1 saturated heterocycles. The Labute approximate surface area is 211 Å². The van der Waals surface area contributed by atoms with E-state index in [-0.39, 0.29) is 36.1 Å². The molecule has 3 aliphatic rings. The van der Waals surface area contributed by atoms with Crippen LogP contribution in [0.5, 0.6) is 0 Å². The van der Waals surface area contributed by atoms with Crippen molar-refractivity contribution in [2.45, 2.75) is 111 Å². The number of esters is 2. The lowest BCUT2D eigenvalue weighted by Crippen LogP contribution is -2.58. The zero-order valence-corrected chi connectivity index (χ0v) is 24.0. The van der Waals surface area contributed by atoms with Gasteiger partial charge in [-0.2, -0.15) is 4.31 Å². The molecule has 3 fully saturated rings. The van der Waals surface area contributed by atoms with E-state index < -0.39 is 50.1 Å². The van der Waals surface area contributed by atoms with Gasteiger partial charge in [0, 0.05) is 24.4 Å². The van der Waals surface area contributed by atoms with Gasteiger partial charge in [-0.25, -0.2) is 13.2 Å². The summed E-state index contributed by atoms with van der Waals surface area (Å²) in [4.78, 5) is 25.8. The Bertz CT molecular complexity index is 951. The standard InChI is InChI=1S/C26H45NO7S/c1-16(2)20(13-21(28)32-10)24(9)22(29)33-26(34-24)14-19-11-12-25(26,23(19,7)8)15-35(30,31)27(17(3)4)18(5)6/h16-20H,11-15H2,1-10H3/t19-,20+,24-,25+,26-/m1/s1. The third-order valence-electron chi connectivity index (χ3n) is 9.35. The summed E-state index contributed by atoms with van der Waals surface area (Å²) in [6, 6.07) is -0.395. The van der Waals surface area contributed by atoms with E-state index in [9.17, 15) is 18.0 Å². The third-order valence-corrected chi connectivity index (χ3v) is 11.7. The lowest BCUT2D eigenvalue weighted by Gasteiger charge is -2.48. The molecular formula is C26H45NO7S. The molecule has 0 aromatic rings. The second-order valence-electron chi connectivity index (χ2n) is 12.5. The molecule has 2 saturated carbocycles. The van der Waals surface area contributed by atoms with Crippen LogP contribution in [0.3, 0.4) is 0 Å². The molecule has 0 unspecified atom stereocenters. The minimum absolute atomic E-state index is 0.0163. The fourth-order valence-electron chi connectivity index (χ4n) is 7.54. The van der Waals surface area contributed by atoms with E-state index in [1.807, 2.05) is 41.5 Å². The Morgan fingerprint density at radius 1 is 1.11 bits per heavy atom. The summed E-state index contributed by atoms with van der Waals surface area (Å²) in [6.07, 6.45) is 1.94. The molecular weight excluding hydrogens is 470 g/mol. The molecule has 0 N–H and O–H groups in total. The number of carbonyl (C=O) groups is 2. The molecule has 35 heavy (non-hydrogen) atoms. The van der Waals surface area contributed by atoms with Crippen molar-refractivity contribution in [1.29, 1.82) is 0 Å². The number of hydrogen-bond acceptors (Lipinski definition) is 7. The zero-order chi connectivity index (χ0) is 26.8. The number of methoxy groups -OCH3 is 1. The van der Waals surface area contributed by atoms with Gasteiger partial charge in [-0.3, -0.25) is 4.79 Å². The van der Waals surface area contributed by atoms with Crippen molar-refractivity contribution in [3.63, 3.8) is 0 Å². The van der Waals surface area contributed by atoms with Gasteiger partial charge < -0.3 is 14.2 Å². The fourth-order valence-corrected chi connectivity index (χ4v) is 10.3. The van der Waals surface area contributed by atoms with Crippen molar-refractivity contribution in [3.8, 4) is 0 Å².